The topological polar surface area (TPSA) is 83.6 Å². The minimum absolute atomic E-state index is 0.00138. The number of amides is 2. The van der Waals surface area contributed by atoms with Crippen LogP contribution in [0.4, 0.5) is 0 Å². The number of likely N-dealkylation sites (N-methyl/N-ethyl adjacent to an activating group) is 1. The number of nitrogens with zero attached hydrogens (tertiary/aromatic N) is 1. The maximum Gasteiger partial charge on any atom is 0.254 e. The quantitative estimate of drug-likeness (QED) is 0.809. The van der Waals surface area contributed by atoms with Crippen LogP contribution in [0.15, 0.2) is 24.3 Å². The lowest BCUT2D eigenvalue weighted by Gasteiger charge is -2.21. The van der Waals surface area contributed by atoms with E-state index in [9.17, 15) is 18.0 Å². The lowest BCUT2D eigenvalue weighted by atomic mass is 10.1. The standard InChI is InChI=1S/C16H24N2O4S/c1-5-18(10-15(19)17-12(2)3)16(20)14-8-6-13(7-9-14)11-23(4,21)22/h6-9,12H,5,10-11H2,1-4H3,(H,17,19). The van der Waals surface area contributed by atoms with Gasteiger partial charge < -0.3 is 10.2 Å². The van der Waals surface area contributed by atoms with E-state index in [1.165, 1.54) is 4.90 Å². The number of carbonyl (C=O) groups excluding carboxylic acids is 2. The minimum atomic E-state index is -3.11. The molecule has 1 rings (SSSR count). The molecular formula is C16H24N2O4S. The molecule has 2 amide bonds. The highest BCUT2D eigenvalue weighted by atomic mass is 32.2. The second-order valence-electron chi connectivity index (χ2n) is 5.81. The van der Waals surface area contributed by atoms with E-state index in [4.69, 9.17) is 0 Å². The van der Waals surface area contributed by atoms with Gasteiger partial charge in [0.05, 0.1) is 12.3 Å². The molecule has 0 aromatic heterocycles. The molecular weight excluding hydrogens is 316 g/mol. The Bertz CT molecular complexity index is 651. The summed E-state index contributed by atoms with van der Waals surface area (Å²) in [6.45, 7) is 5.93. The minimum Gasteiger partial charge on any atom is -0.352 e. The maximum absolute atomic E-state index is 12.4. The first-order valence-corrected chi connectivity index (χ1v) is 9.53. The molecule has 0 fully saturated rings. The Balaban J connectivity index is 2.79. The summed E-state index contributed by atoms with van der Waals surface area (Å²) in [5.41, 5.74) is 1.06. The summed E-state index contributed by atoms with van der Waals surface area (Å²) in [6, 6.07) is 6.44. The lowest BCUT2D eigenvalue weighted by molar-refractivity contribution is -0.122. The van der Waals surface area contributed by atoms with Crippen molar-refractivity contribution >= 4 is 21.7 Å². The van der Waals surface area contributed by atoms with Crippen molar-refractivity contribution in [1.82, 2.24) is 10.2 Å². The van der Waals surface area contributed by atoms with E-state index in [1.807, 2.05) is 13.8 Å². The molecule has 128 valence electrons. The summed E-state index contributed by atoms with van der Waals surface area (Å²) in [7, 11) is -3.11. The number of nitrogens with one attached hydrogen (secondary N) is 1. The van der Waals surface area contributed by atoms with Gasteiger partial charge in [-0.05, 0) is 38.5 Å². The predicted molar refractivity (Wildman–Crippen MR) is 89.8 cm³/mol. The molecule has 0 saturated heterocycles. The normalized spacial score (nSPS) is 11.3. The molecule has 0 aliphatic carbocycles. The zero-order chi connectivity index (χ0) is 17.6. The molecule has 6 nitrogen and oxygen atoms in total. The third kappa shape index (κ3) is 6.81. The largest absolute Gasteiger partial charge is 0.352 e. The SMILES string of the molecule is CCN(CC(=O)NC(C)C)C(=O)c1ccc(CS(C)(=O)=O)cc1. The van der Waals surface area contributed by atoms with E-state index < -0.39 is 9.84 Å². The van der Waals surface area contributed by atoms with Crippen LogP contribution in [-0.4, -0.2) is 50.5 Å². The van der Waals surface area contributed by atoms with Gasteiger partial charge in [-0.3, -0.25) is 9.59 Å². The Morgan fingerprint density at radius 2 is 1.74 bits per heavy atom. The van der Waals surface area contributed by atoms with E-state index in [1.54, 1.807) is 31.2 Å². The van der Waals surface area contributed by atoms with E-state index in [2.05, 4.69) is 5.32 Å². The van der Waals surface area contributed by atoms with Gasteiger partial charge in [0.2, 0.25) is 5.91 Å². The molecule has 0 heterocycles. The molecule has 0 atom stereocenters. The molecule has 1 aromatic rings. The van der Waals surface area contributed by atoms with Gasteiger partial charge >= 0.3 is 0 Å². The second-order valence-corrected chi connectivity index (χ2v) is 7.95. The monoisotopic (exact) mass is 340 g/mol. The number of sulfone groups is 1. The Morgan fingerprint density at radius 3 is 2.17 bits per heavy atom. The van der Waals surface area contributed by atoms with Crippen LogP contribution >= 0.6 is 0 Å². The van der Waals surface area contributed by atoms with Crippen LogP contribution in [0.1, 0.15) is 36.7 Å². The van der Waals surface area contributed by atoms with Gasteiger partial charge in [0.1, 0.15) is 0 Å². The summed E-state index contributed by atoms with van der Waals surface area (Å²) in [4.78, 5) is 25.7. The van der Waals surface area contributed by atoms with Crippen molar-refractivity contribution in [3.05, 3.63) is 35.4 Å². The molecule has 0 radical (unpaired) electrons. The van der Waals surface area contributed by atoms with Gasteiger partial charge in [0, 0.05) is 24.4 Å². The fraction of sp³-hybridized carbons (Fsp3) is 0.500. The third-order valence-corrected chi connectivity index (χ3v) is 3.94. The number of hydrogen-bond acceptors (Lipinski definition) is 4. The van der Waals surface area contributed by atoms with Crippen molar-refractivity contribution in [2.75, 3.05) is 19.3 Å². The average molecular weight is 340 g/mol. The van der Waals surface area contributed by atoms with Gasteiger partial charge in [-0.15, -0.1) is 0 Å². The van der Waals surface area contributed by atoms with Gasteiger partial charge in [-0.25, -0.2) is 8.42 Å². The molecule has 1 aromatic carbocycles. The first kappa shape index (κ1) is 19.2. The number of rotatable bonds is 7. The van der Waals surface area contributed by atoms with Gasteiger partial charge in [-0.2, -0.15) is 0 Å². The Kier molecular flexibility index (Phi) is 6.75. The average Bonchev–Trinajstić information content (AvgIpc) is 2.42. The fourth-order valence-electron chi connectivity index (χ4n) is 2.10. The van der Waals surface area contributed by atoms with Crippen LogP contribution in [0.25, 0.3) is 0 Å². The van der Waals surface area contributed by atoms with Crippen LogP contribution in [0.3, 0.4) is 0 Å². The maximum atomic E-state index is 12.4. The van der Waals surface area contributed by atoms with Crippen molar-refractivity contribution in [3.8, 4) is 0 Å². The van der Waals surface area contributed by atoms with E-state index in [0.717, 1.165) is 6.26 Å². The Hall–Kier alpha value is -1.89. The van der Waals surface area contributed by atoms with Crippen LogP contribution < -0.4 is 5.32 Å². The number of benzene rings is 1. The molecule has 0 saturated carbocycles. The molecule has 1 N–H and O–H groups in total. The highest BCUT2D eigenvalue weighted by Gasteiger charge is 2.18. The highest BCUT2D eigenvalue weighted by Crippen LogP contribution is 2.10. The zero-order valence-corrected chi connectivity index (χ0v) is 14.8. The number of carbonyl (C=O) groups is 2. The van der Waals surface area contributed by atoms with Crippen LogP contribution in [-0.2, 0) is 20.4 Å². The first-order chi connectivity index (χ1) is 10.6. The third-order valence-electron chi connectivity index (χ3n) is 3.08. The van der Waals surface area contributed by atoms with E-state index >= 15 is 0 Å². The van der Waals surface area contributed by atoms with Gasteiger partial charge in [0.25, 0.3) is 5.91 Å². The smallest absolute Gasteiger partial charge is 0.254 e. The van der Waals surface area contributed by atoms with Gasteiger partial charge in [-0.1, -0.05) is 12.1 Å². The van der Waals surface area contributed by atoms with Crippen LogP contribution in [0, 0.1) is 0 Å². The van der Waals surface area contributed by atoms with Crippen LogP contribution in [0.2, 0.25) is 0 Å². The number of hydrogen-bond donors (Lipinski definition) is 1. The lowest BCUT2D eigenvalue weighted by Crippen LogP contribution is -2.42. The molecule has 0 aliphatic rings. The predicted octanol–water partition coefficient (Wildman–Crippen LogP) is 1.22. The van der Waals surface area contributed by atoms with Crippen molar-refractivity contribution in [2.45, 2.75) is 32.6 Å². The fourth-order valence-corrected chi connectivity index (χ4v) is 2.90. The molecule has 0 unspecified atom stereocenters. The Morgan fingerprint density at radius 1 is 1.17 bits per heavy atom. The van der Waals surface area contributed by atoms with Crippen molar-refractivity contribution in [2.24, 2.45) is 0 Å². The Labute approximate surface area is 137 Å². The molecule has 7 heteroatoms. The van der Waals surface area contributed by atoms with Gasteiger partial charge in [0.15, 0.2) is 9.84 Å². The summed E-state index contributed by atoms with van der Waals surface area (Å²) in [5.74, 6) is -0.517. The zero-order valence-electron chi connectivity index (χ0n) is 14.0. The molecule has 0 aliphatic heterocycles. The summed E-state index contributed by atoms with van der Waals surface area (Å²) in [5, 5.41) is 2.75. The second kappa shape index (κ2) is 8.10. The van der Waals surface area contributed by atoms with Crippen LogP contribution in [0.5, 0.6) is 0 Å². The summed E-state index contributed by atoms with van der Waals surface area (Å²) >= 11 is 0. The van der Waals surface area contributed by atoms with Crippen molar-refractivity contribution in [1.29, 1.82) is 0 Å². The first-order valence-electron chi connectivity index (χ1n) is 7.47. The molecule has 0 bridgehead atoms. The molecule has 23 heavy (non-hydrogen) atoms. The molecule has 0 spiro atoms. The van der Waals surface area contributed by atoms with E-state index in [-0.39, 0.29) is 30.2 Å². The van der Waals surface area contributed by atoms with E-state index in [0.29, 0.717) is 17.7 Å². The van der Waals surface area contributed by atoms with Crippen molar-refractivity contribution in [3.63, 3.8) is 0 Å². The summed E-state index contributed by atoms with van der Waals surface area (Å²) < 4.78 is 22.5. The summed E-state index contributed by atoms with van der Waals surface area (Å²) in [6.07, 6.45) is 1.16. The van der Waals surface area contributed by atoms with Crippen molar-refractivity contribution < 1.29 is 18.0 Å². The highest BCUT2D eigenvalue weighted by molar-refractivity contribution is 7.89.